The summed E-state index contributed by atoms with van der Waals surface area (Å²) in [6, 6.07) is 0. The molecular weight excluding hydrogens is 206 g/mol. The quantitative estimate of drug-likeness (QED) is 0.836. The summed E-state index contributed by atoms with van der Waals surface area (Å²) in [7, 11) is 0. The zero-order valence-corrected chi connectivity index (χ0v) is 9.46. The average Bonchev–Trinajstić information content (AvgIpc) is 2.77. The number of piperidine rings is 1. The van der Waals surface area contributed by atoms with Crippen molar-refractivity contribution in [3.8, 4) is 0 Å². The highest BCUT2D eigenvalue weighted by molar-refractivity contribution is 5.70. The monoisotopic (exact) mass is 223 g/mol. The van der Waals surface area contributed by atoms with Gasteiger partial charge in [0.1, 0.15) is 0 Å². The third-order valence-electron chi connectivity index (χ3n) is 3.16. The predicted octanol–water partition coefficient (Wildman–Crippen LogP) is 1.20. The molecule has 2 rings (SSSR count). The topological polar surface area (TPSA) is 58.4 Å². The Morgan fingerprint density at radius 1 is 1.56 bits per heavy atom. The Morgan fingerprint density at radius 2 is 2.25 bits per heavy atom. The fourth-order valence-corrected chi connectivity index (χ4v) is 2.16. The number of aryl methyl sites for hydroxylation is 1. The van der Waals surface area contributed by atoms with Gasteiger partial charge in [0.15, 0.2) is 0 Å². The van der Waals surface area contributed by atoms with Crippen molar-refractivity contribution in [1.29, 1.82) is 0 Å². The number of carboxylic acid groups (broad SMARTS) is 1. The smallest absolute Gasteiger partial charge is 0.306 e. The molecule has 1 N–H and O–H groups in total. The highest BCUT2D eigenvalue weighted by atomic mass is 16.4. The number of aromatic nitrogens is 2. The molecular formula is C11H17N3O2. The highest BCUT2D eigenvalue weighted by Gasteiger charge is 2.25. The lowest BCUT2D eigenvalue weighted by Gasteiger charge is -2.31. The van der Waals surface area contributed by atoms with E-state index in [1.807, 2.05) is 6.20 Å². The van der Waals surface area contributed by atoms with Crippen LogP contribution in [0, 0.1) is 5.92 Å². The van der Waals surface area contributed by atoms with Crippen molar-refractivity contribution >= 4 is 11.9 Å². The second-order valence-electron chi connectivity index (χ2n) is 4.11. The molecule has 0 spiro atoms. The maximum absolute atomic E-state index is 10.8. The molecule has 5 heteroatoms. The van der Waals surface area contributed by atoms with E-state index in [4.69, 9.17) is 5.11 Å². The van der Waals surface area contributed by atoms with Gasteiger partial charge in [-0.3, -0.25) is 4.79 Å². The van der Waals surface area contributed by atoms with Crippen molar-refractivity contribution in [2.75, 3.05) is 18.0 Å². The molecule has 0 bridgehead atoms. The van der Waals surface area contributed by atoms with Gasteiger partial charge in [-0.2, -0.15) is 0 Å². The maximum atomic E-state index is 10.8. The van der Waals surface area contributed by atoms with E-state index in [0.717, 1.165) is 25.6 Å². The van der Waals surface area contributed by atoms with Crippen LogP contribution >= 0.6 is 0 Å². The fraction of sp³-hybridized carbons (Fsp3) is 0.636. The summed E-state index contributed by atoms with van der Waals surface area (Å²) in [5.74, 6) is 0.117. The maximum Gasteiger partial charge on any atom is 0.306 e. The van der Waals surface area contributed by atoms with Crippen LogP contribution in [0.15, 0.2) is 12.4 Å². The number of hydrogen-bond acceptors (Lipinski definition) is 3. The van der Waals surface area contributed by atoms with E-state index in [2.05, 4.69) is 21.4 Å². The summed E-state index contributed by atoms with van der Waals surface area (Å²) in [5.41, 5.74) is 0. The molecule has 2 heterocycles. The first-order chi connectivity index (χ1) is 7.72. The van der Waals surface area contributed by atoms with Crippen LogP contribution in [0.4, 0.5) is 5.95 Å². The number of imidazole rings is 1. The molecule has 0 amide bonds. The molecule has 0 unspecified atom stereocenters. The van der Waals surface area contributed by atoms with Crippen molar-refractivity contribution in [2.24, 2.45) is 5.92 Å². The van der Waals surface area contributed by atoms with Gasteiger partial charge in [-0.25, -0.2) is 4.98 Å². The predicted molar refractivity (Wildman–Crippen MR) is 60.5 cm³/mol. The van der Waals surface area contributed by atoms with Crippen molar-refractivity contribution < 1.29 is 9.90 Å². The Hall–Kier alpha value is -1.52. The van der Waals surface area contributed by atoms with Crippen LogP contribution in [-0.4, -0.2) is 33.7 Å². The second kappa shape index (κ2) is 4.55. The minimum atomic E-state index is -0.668. The minimum absolute atomic E-state index is 0.179. The first-order valence-corrected chi connectivity index (χ1v) is 5.71. The van der Waals surface area contributed by atoms with Crippen molar-refractivity contribution in [1.82, 2.24) is 9.55 Å². The molecule has 1 aliphatic rings. The molecule has 0 aromatic carbocycles. The normalized spacial score (nSPS) is 17.7. The number of nitrogens with zero attached hydrogens (tertiary/aromatic N) is 3. The van der Waals surface area contributed by atoms with Crippen LogP contribution in [0.25, 0.3) is 0 Å². The second-order valence-corrected chi connectivity index (χ2v) is 4.11. The zero-order chi connectivity index (χ0) is 11.5. The van der Waals surface area contributed by atoms with E-state index in [1.165, 1.54) is 0 Å². The fourth-order valence-electron chi connectivity index (χ4n) is 2.16. The molecule has 5 nitrogen and oxygen atoms in total. The lowest BCUT2D eigenvalue weighted by atomic mass is 9.97. The van der Waals surface area contributed by atoms with Crippen LogP contribution in [0.2, 0.25) is 0 Å². The molecule has 1 aliphatic heterocycles. The van der Waals surface area contributed by atoms with Crippen LogP contribution in [0.5, 0.6) is 0 Å². The Labute approximate surface area is 94.7 Å². The van der Waals surface area contributed by atoms with E-state index in [-0.39, 0.29) is 5.92 Å². The van der Waals surface area contributed by atoms with Gasteiger partial charge in [0.25, 0.3) is 0 Å². The SMILES string of the molecule is CCn1ccnc1N1CCC(C(=O)O)CC1. The van der Waals surface area contributed by atoms with Crippen molar-refractivity contribution in [3.63, 3.8) is 0 Å². The van der Waals surface area contributed by atoms with E-state index in [1.54, 1.807) is 6.20 Å². The van der Waals surface area contributed by atoms with E-state index < -0.39 is 5.97 Å². The number of aliphatic carboxylic acids is 1. The lowest BCUT2D eigenvalue weighted by Crippen LogP contribution is -2.37. The minimum Gasteiger partial charge on any atom is -0.481 e. The van der Waals surface area contributed by atoms with Gasteiger partial charge >= 0.3 is 5.97 Å². The number of carboxylic acids is 1. The first kappa shape index (κ1) is 11.0. The van der Waals surface area contributed by atoms with E-state index >= 15 is 0 Å². The molecule has 1 fully saturated rings. The molecule has 0 radical (unpaired) electrons. The summed E-state index contributed by atoms with van der Waals surface area (Å²) in [5, 5.41) is 8.92. The highest BCUT2D eigenvalue weighted by Crippen LogP contribution is 2.22. The zero-order valence-electron chi connectivity index (χ0n) is 9.46. The van der Waals surface area contributed by atoms with Gasteiger partial charge in [0, 0.05) is 32.0 Å². The molecule has 16 heavy (non-hydrogen) atoms. The number of carbonyl (C=O) groups is 1. The van der Waals surface area contributed by atoms with Gasteiger partial charge in [0.05, 0.1) is 5.92 Å². The van der Waals surface area contributed by atoms with Gasteiger partial charge < -0.3 is 14.6 Å². The summed E-state index contributed by atoms with van der Waals surface area (Å²) in [6.45, 7) is 4.55. The Kier molecular flexibility index (Phi) is 3.12. The van der Waals surface area contributed by atoms with Crippen molar-refractivity contribution in [2.45, 2.75) is 26.3 Å². The summed E-state index contributed by atoms with van der Waals surface area (Å²) in [6.07, 6.45) is 5.18. The number of anilines is 1. The molecule has 0 aliphatic carbocycles. The Morgan fingerprint density at radius 3 is 2.81 bits per heavy atom. The van der Waals surface area contributed by atoms with Gasteiger partial charge in [-0.1, -0.05) is 0 Å². The third-order valence-corrected chi connectivity index (χ3v) is 3.16. The summed E-state index contributed by atoms with van der Waals surface area (Å²) in [4.78, 5) is 17.3. The molecule has 1 aromatic heterocycles. The number of hydrogen-bond donors (Lipinski definition) is 1. The Balaban J connectivity index is 2.01. The first-order valence-electron chi connectivity index (χ1n) is 5.71. The van der Waals surface area contributed by atoms with Crippen LogP contribution < -0.4 is 4.90 Å². The molecule has 1 saturated heterocycles. The molecule has 0 atom stereocenters. The molecule has 0 saturated carbocycles. The number of rotatable bonds is 3. The standard InChI is InChI=1S/C11H17N3O2/c1-2-13-8-5-12-11(13)14-6-3-9(4-7-14)10(15)16/h5,8-9H,2-4,6-7H2,1H3,(H,15,16). The third kappa shape index (κ3) is 2.03. The van der Waals surface area contributed by atoms with Crippen molar-refractivity contribution in [3.05, 3.63) is 12.4 Å². The largest absolute Gasteiger partial charge is 0.481 e. The average molecular weight is 223 g/mol. The van der Waals surface area contributed by atoms with Crippen LogP contribution in [0.3, 0.4) is 0 Å². The van der Waals surface area contributed by atoms with Gasteiger partial charge in [-0.15, -0.1) is 0 Å². The van der Waals surface area contributed by atoms with Gasteiger partial charge in [0.2, 0.25) is 5.95 Å². The lowest BCUT2D eigenvalue weighted by molar-refractivity contribution is -0.142. The Bertz CT molecular complexity index is 367. The van der Waals surface area contributed by atoms with E-state index in [9.17, 15) is 4.79 Å². The molecule has 1 aromatic rings. The van der Waals surface area contributed by atoms with Gasteiger partial charge in [-0.05, 0) is 19.8 Å². The summed E-state index contributed by atoms with van der Waals surface area (Å²) >= 11 is 0. The van der Waals surface area contributed by atoms with Crippen LogP contribution in [-0.2, 0) is 11.3 Å². The summed E-state index contributed by atoms with van der Waals surface area (Å²) < 4.78 is 2.08. The molecule has 88 valence electrons. The van der Waals surface area contributed by atoms with Crippen LogP contribution in [0.1, 0.15) is 19.8 Å². The van der Waals surface area contributed by atoms with E-state index in [0.29, 0.717) is 12.8 Å².